The third kappa shape index (κ3) is 5.22. The van der Waals surface area contributed by atoms with Gasteiger partial charge in [-0.15, -0.1) is 0 Å². The van der Waals surface area contributed by atoms with Crippen LogP contribution in [0.25, 0.3) is 0 Å². The number of rotatable bonds is 4. The predicted molar refractivity (Wildman–Crippen MR) is 61.6 cm³/mol. The van der Waals surface area contributed by atoms with E-state index in [1.807, 2.05) is 27.7 Å². The first-order chi connectivity index (χ1) is 6.28. The lowest BCUT2D eigenvalue weighted by Crippen LogP contribution is -2.37. The lowest BCUT2D eigenvalue weighted by atomic mass is 10.1. The number of ether oxygens (including phenoxy) is 1. The minimum Gasteiger partial charge on any atom is -0.385 e. The second-order valence-electron chi connectivity index (χ2n) is 4.83. The summed E-state index contributed by atoms with van der Waals surface area (Å²) in [4.78, 5) is 4.42. The highest BCUT2D eigenvalue weighted by atomic mass is 16.5. The van der Waals surface area contributed by atoms with E-state index in [1.165, 1.54) is 0 Å². The van der Waals surface area contributed by atoms with Crippen LogP contribution in [-0.2, 0) is 4.74 Å². The summed E-state index contributed by atoms with van der Waals surface area (Å²) in [5.74, 6) is 0.968. The normalized spacial score (nSPS) is 16.1. The van der Waals surface area contributed by atoms with E-state index in [-0.39, 0.29) is 11.6 Å². The second kappa shape index (κ2) is 5.35. The Morgan fingerprint density at radius 3 is 2.14 bits per heavy atom. The number of hydrogen-bond donors (Lipinski definition) is 1. The molecule has 84 valence electrons. The minimum absolute atomic E-state index is 0.0563. The van der Waals surface area contributed by atoms with Crippen LogP contribution < -0.4 is 5.73 Å². The van der Waals surface area contributed by atoms with Crippen LogP contribution in [0.3, 0.4) is 0 Å². The van der Waals surface area contributed by atoms with Crippen molar-refractivity contribution in [1.29, 1.82) is 0 Å². The van der Waals surface area contributed by atoms with Crippen molar-refractivity contribution >= 4 is 5.84 Å². The van der Waals surface area contributed by atoms with Crippen molar-refractivity contribution in [1.82, 2.24) is 0 Å². The van der Waals surface area contributed by atoms with E-state index in [2.05, 4.69) is 18.8 Å². The molecule has 0 rings (SSSR count). The summed E-state index contributed by atoms with van der Waals surface area (Å²) in [6.07, 6.45) is -0.0563. The van der Waals surface area contributed by atoms with E-state index < -0.39 is 0 Å². The molecule has 0 aromatic rings. The lowest BCUT2D eigenvalue weighted by Gasteiger charge is -2.23. The molecule has 0 aromatic heterocycles. The molecule has 0 bridgehead atoms. The highest BCUT2D eigenvalue weighted by molar-refractivity contribution is 5.85. The lowest BCUT2D eigenvalue weighted by molar-refractivity contribution is 0.0769. The third-order valence-corrected chi connectivity index (χ3v) is 1.71. The minimum atomic E-state index is -0.131. The van der Waals surface area contributed by atoms with Crippen LogP contribution in [0.15, 0.2) is 4.99 Å². The van der Waals surface area contributed by atoms with Crippen LogP contribution in [0.1, 0.15) is 41.5 Å². The van der Waals surface area contributed by atoms with E-state index in [9.17, 15) is 0 Å². The average Bonchev–Trinajstić information content (AvgIpc) is 1.95. The molecule has 0 aliphatic rings. The molecule has 0 heterocycles. The van der Waals surface area contributed by atoms with Gasteiger partial charge in [0.1, 0.15) is 11.9 Å². The van der Waals surface area contributed by atoms with Crippen molar-refractivity contribution in [2.24, 2.45) is 16.6 Å². The third-order valence-electron chi connectivity index (χ3n) is 1.71. The first-order valence-electron chi connectivity index (χ1n) is 5.24. The Morgan fingerprint density at radius 1 is 1.36 bits per heavy atom. The Morgan fingerprint density at radius 2 is 1.86 bits per heavy atom. The van der Waals surface area contributed by atoms with Gasteiger partial charge in [0.05, 0.1) is 5.54 Å². The molecule has 1 atom stereocenters. The average molecular weight is 200 g/mol. The first-order valence-corrected chi connectivity index (χ1v) is 5.24. The fraction of sp³-hybridized carbons (Fsp3) is 0.909. The van der Waals surface area contributed by atoms with Gasteiger partial charge < -0.3 is 10.5 Å². The molecule has 2 N–H and O–H groups in total. The second-order valence-corrected chi connectivity index (χ2v) is 4.83. The van der Waals surface area contributed by atoms with Crippen molar-refractivity contribution in [3.05, 3.63) is 0 Å². The van der Waals surface area contributed by atoms with Gasteiger partial charge in [-0.2, -0.15) is 0 Å². The maximum Gasteiger partial charge on any atom is 0.124 e. The van der Waals surface area contributed by atoms with Gasteiger partial charge in [0.25, 0.3) is 0 Å². The van der Waals surface area contributed by atoms with E-state index >= 15 is 0 Å². The maximum atomic E-state index is 5.92. The van der Waals surface area contributed by atoms with E-state index in [0.29, 0.717) is 18.4 Å². The fourth-order valence-electron chi connectivity index (χ4n) is 1.25. The summed E-state index contributed by atoms with van der Waals surface area (Å²) < 4.78 is 5.56. The molecule has 0 amide bonds. The molecule has 3 nitrogen and oxygen atoms in total. The fourth-order valence-corrected chi connectivity index (χ4v) is 1.25. The van der Waals surface area contributed by atoms with E-state index in [0.717, 1.165) is 0 Å². The molecule has 0 aliphatic heterocycles. The summed E-state index contributed by atoms with van der Waals surface area (Å²) in [5, 5.41) is 0. The van der Waals surface area contributed by atoms with Gasteiger partial charge in [0.2, 0.25) is 0 Å². The number of nitrogens with two attached hydrogens (primary N) is 1. The Balaban J connectivity index is 4.59. The van der Waals surface area contributed by atoms with Gasteiger partial charge >= 0.3 is 0 Å². The smallest absolute Gasteiger partial charge is 0.124 e. The summed E-state index contributed by atoms with van der Waals surface area (Å²) in [6, 6.07) is 0. The SMILES string of the molecule is CCOC(C(N)=NC(C)(C)C)C(C)C. The van der Waals surface area contributed by atoms with E-state index in [1.54, 1.807) is 0 Å². The van der Waals surface area contributed by atoms with Gasteiger partial charge in [-0.05, 0) is 33.6 Å². The molecule has 0 fully saturated rings. The number of hydrogen-bond acceptors (Lipinski definition) is 2. The molecule has 0 aliphatic carbocycles. The molecule has 0 saturated heterocycles. The topological polar surface area (TPSA) is 47.6 Å². The molecule has 14 heavy (non-hydrogen) atoms. The largest absolute Gasteiger partial charge is 0.385 e. The molecule has 0 spiro atoms. The van der Waals surface area contributed by atoms with Crippen LogP contribution in [-0.4, -0.2) is 24.1 Å². The zero-order valence-electron chi connectivity index (χ0n) is 10.3. The van der Waals surface area contributed by atoms with Gasteiger partial charge in [-0.3, -0.25) is 4.99 Å². The quantitative estimate of drug-likeness (QED) is 0.558. The van der Waals surface area contributed by atoms with Gasteiger partial charge in [-0.1, -0.05) is 13.8 Å². The highest BCUT2D eigenvalue weighted by Gasteiger charge is 2.20. The van der Waals surface area contributed by atoms with Crippen molar-refractivity contribution in [2.45, 2.75) is 53.2 Å². The Labute approximate surface area is 87.7 Å². The molecule has 1 unspecified atom stereocenters. The number of nitrogens with zero attached hydrogens (tertiary/aromatic N) is 1. The van der Waals surface area contributed by atoms with E-state index in [4.69, 9.17) is 10.5 Å². The van der Waals surface area contributed by atoms with Crippen LogP contribution in [0.2, 0.25) is 0 Å². The molecule has 3 heteroatoms. The summed E-state index contributed by atoms with van der Waals surface area (Å²) >= 11 is 0. The molecule has 0 aromatic carbocycles. The number of aliphatic imine (C=N–C) groups is 1. The van der Waals surface area contributed by atoms with Gasteiger partial charge in [-0.25, -0.2) is 0 Å². The first kappa shape index (κ1) is 13.4. The predicted octanol–water partition coefficient (Wildman–Crippen LogP) is 2.20. The standard InChI is InChI=1S/C11H24N2O/c1-7-14-9(8(2)3)10(12)13-11(4,5)6/h8-9H,7H2,1-6H3,(H2,12,13). The maximum absolute atomic E-state index is 5.92. The Bertz CT molecular complexity index is 192. The molecule has 0 saturated carbocycles. The molecular weight excluding hydrogens is 176 g/mol. The van der Waals surface area contributed by atoms with Gasteiger partial charge in [0.15, 0.2) is 0 Å². The zero-order chi connectivity index (χ0) is 11.4. The van der Waals surface area contributed by atoms with Crippen molar-refractivity contribution in [3.63, 3.8) is 0 Å². The summed E-state index contributed by atoms with van der Waals surface area (Å²) in [6.45, 7) is 12.9. The molecule has 0 radical (unpaired) electrons. The van der Waals surface area contributed by atoms with Crippen molar-refractivity contribution in [2.75, 3.05) is 6.61 Å². The van der Waals surface area contributed by atoms with Crippen molar-refractivity contribution in [3.8, 4) is 0 Å². The Hall–Kier alpha value is -0.570. The highest BCUT2D eigenvalue weighted by Crippen LogP contribution is 2.12. The number of amidine groups is 1. The van der Waals surface area contributed by atoms with Crippen LogP contribution in [0.5, 0.6) is 0 Å². The zero-order valence-corrected chi connectivity index (χ0v) is 10.3. The Kier molecular flexibility index (Phi) is 5.13. The summed E-state index contributed by atoms with van der Waals surface area (Å²) in [5.41, 5.74) is 5.79. The van der Waals surface area contributed by atoms with Crippen LogP contribution in [0, 0.1) is 5.92 Å². The molecular formula is C11H24N2O. The van der Waals surface area contributed by atoms with Crippen LogP contribution >= 0.6 is 0 Å². The monoisotopic (exact) mass is 200 g/mol. The van der Waals surface area contributed by atoms with Crippen molar-refractivity contribution < 1.29 is 4.74 Å². The van der Waals surface area contributed by atoms with Crippen LogP contribution in [0.4, 0.5) is 0 Å². The van der Waals surface area contributed by atoms with Gasteiger partial charge in [0, 0.05) is 6.61 Å². The summed E-state index contributed by atoms with van der Waals surface area (Å²) in [7, 11) is 0.